The van der Waals surface area contributed by atoms with Crippen LogP contribution in [0, 0.1) is 6.92 Å². The fraction of sp³-hybridized carbons (Fsp3) is 0.0833. The van der Waals surface area contributed by atoms with Gasteiger partial charge in [-0.1, -0.05) is 34.8 Å². The molecule has 100 valence electrons. The highest BCUT2D eigenvalue weighted by Crippen LogP contribution is 2.33. The molecule has 1 amide bonds. The van der Waals surface area contributed by atoms with E-state index < -0.39 is 0 Å². The number of halogens is 3. The molecule has 0 aliphatic rings. The second-order valence-corrected chi connectivity index (χ2v) is 6.30. The Labute approximate surface area is 129 Å². The molecule has 1 aromatic heterocycles. The standard InChI is InChI=1S/C12H9Cl3N2OS/c1-5-9(16)4-11(19-5)12(18)17-10-3-7(14)6(13)2-8(10)15/h2-4H,16H2,1H3,(H,17,18). The Balaban J connectivity index is 2.26. The normalized spacial score (nSPS) is 10.5. The van der Waals surface area contributed by atoms with E-state index in [-0.39, 0.29) is 5.91 Å². The smallest absolute Gasteiger partial charge is 0.265 e. The van der Waals surface area contributed by atoms with Gasteiger partial charge in [-0.25, -0.2) is 0 Å². The molecule has 3 N–H and O–H groups in total. The molecular weight excluding hydrogens is 327 g/mol. The topological polar surface area (TPSA) is 55.1 Å². The Morgan fingerprint density at radius 1 is 1.16 bits per heavy atom. The Morgan fingerprint density at radius 3 is 2.37 bits per heavy atom. The molecule has 0 atom stereocenters. The van der Waals surface area contributed by atoms with E-state index in [1.165, 1.54) is 23.5 Å². The van der Waals surface area contributed by atoms with Crippen molar-refractivity contribution in [3.05, 3.63) is 43.0 Å². The van der Waals surface area contributed by atoms with Gasteiger partial charge in [-0.15, -0.1) is 11.3 Å². The van der Waals surface area contributed by atoms with E-state index >= 15 is 0 Å². The van der Waals surface area contributed by atoms with Crippen LogP contribution >= 0.6 is 46.1 Å². The maximum Gasteiger partial charge on any atom is 0.265 e. The van der Waals surface area contributed by atoms with Crippen LogP contribution < -0.4 is 11.1 Å². The highest BCUT2D eigenvalue weighted by atomic mass is 35.5. The lowest BCUT2D eigenvalue weighted by atomic mass is 10.3. The molecule has 0 aliphatic heterocycles. The third-order valence-corrected chi connectivity index (χ3v) is 4.54. The number of nitrogens with two attached hydrogens (primary N) is 1. The summed E-state index contributed by atoms with van der Waals surface area (Å²) >= 11 is 19.0. The van der Waals surface area contributed by atoms with Crippen LogP contribution in [0.3, 0.4) is 0 Å². The van der Waals surface area contributed by atoms with E-state index in [1.807, 2.05) is 6.92 Å². The first-order chi connectivity index (χ1) is 8.88. The minimum atomic E-state index is -0.287. The molecule has 0 aliphatic carbocycles. The molecule has 0 unspecified atom stereocenters. The van der Waals surface area contributed by atoms with E-state index in [1.54, 1.807) is 6.07 Å². The fourth-order valence-corrected chi connectivity index (χ4v) is 2.84. The van der Waals surface area contributed by atoms with Crippen molar-refractivity contribution >= 4 is 63.4 Å². The zero-order chi connectivity index (χ0) is 14.2. The zero-order valence-corrected chi connectivity index (χ0v) is 12.8. The number of hydrogen-bond donors (Lipinski definition) is 2. The number of rotatable bonds is 2. The average molecular weight is 336 g/mol. The molecular formula is C12H9Cl3N2OS. The van der Waals surface area contributed by atoms with Crippen LogP contribution in [0.5, 0.6) is 0 Å². The van der Waals surface area contributed by atoms with Gasteiger partial charge >= 0.3 is 0 Å². The lowest BCUT2D eigenvalue weighted by Crippen LogP contribution is -2.10. The largest absolute Gasteiger partial charge is 0.398 e. The van der Waals surface area contributed by atoms with Gasteiger partial charge in [-0.2, -0.15) is 0 Å². The van der Waals surface area contributed by atoms with Crippen molar-refractivity contribution in [1.82, 2.24) is 0 Å². The number of nitrogens with one attached hydrogen (secondary N) is 1. The predicted octanol–water partition coefficient (Wildman–Crippen LogP) is 4.85. The van der Waals surface area contributed by atoms with Gasteiger partial charge in [0.05, 0.1) is 25.6 Å². The number of hydrogen-bond acceptors (Lipinski definition) is 3. The SMILES string of the molecule is Cc1sc(C(=O)Nc2cc(Cl)c(Cl)cc2Cl)cc1N. The van der Waals surface area contributed by atoms with Crippen LogP contribution in [0.25, 0.3) is 0 Å². The Kier molecular flexibility index (Phi) is 4.26. The van der Waals surface area contributed by atoms with Gasteiger partial charge in [0, 0.05) is 10.6 Å². The molecule has 1 aromatic carbocycles. The van der Waals surface area contributed by atoms with Crippen molar-refractivity contribution < 1.29 is 4.79 Å². The summed E-state index contributed by atoms with van der Waals surface area (Å²) in [7, 11) is 0. The molecule has 0 saturated carbocycles. The minimum Gasteiger partial charge on any atom is -0.398 e. The number of carbonyl (C=O) groups is 1. The summed E-state index contributed by atoms with van der Waals surface area (Å²) in [6.07, 6.45) is 0. The van der Waals surface area contributed by atoms with Gasteiger partial charge in [0.2, 0.25) is 0 Å². The summed E-state index contributed by atoms with van der Waals surface area (Å²) in [5.74, 6) is -0.287. The van der Waals surface area contributed by atoms with Gasteiger partial charge in [-0.3, -0.25) is 4.79 Å². The van der Waals surface area contributed by atoms with E-state index in [4.69, 9.17) is 40.5 Å². The second kappa shape index (κ2) is 5.59. The third kappa shape index (κ3) is 3.15. The molecule has 0 radical (unpaired) electrons. The molecule has 7 heteroatoms. The predicted molar refractivity (Wildman–Crippen MR) is 82.9 cm³/mol. The summed E-state index contributed by atoms with van der Waals surface area (Å²) in [4.78, 5) is 13.4. The van der Waals surface area contributed by atoms with Crippen molar-refractivity contribution in [1.29, 1.82) is 0 Å². The van der Waals surface area contributed by atoms with Gasteiger partial charge in [0.1, 0.15) is 0 Å². The molecule has 19 heavy (non-hydrogen) atoms. The Bertz CT molecular complexity index is 635. The van der Waals surface area contributed by atoms with Crippen LogP contribution in [0.4, 0.5) is 11.4 Å². The van der Waals surface area contributed by atoms with Crippen LogP contribution in [0.2, 0.25) is 15.1 Å². The second-order valence-electron chi connectivity index (χ2n) is 3.82. The van der Waals surface area contributed by atoms with Gasteiger partial charge in [0.25, 0.3) is 5.91 Å². The monoisotopic (exact) mass is 334 g/mol. The number of benzene rings is 1. The molecule has 0 fully saturated rings. The number of carbonyl (C=O) groups excluding carboxylic acids is 1. The summed E-state index contributed by atoms with van der Waals surface area (Å²) in [6, 6.07) is 4.61. The van der Waals surface area contributed by atoms with E-state index in [9.17, 15) is 4.79 Å². The van der Waals surface area contributed by atoms with Crippen LogP contribution in [0.1, 0.15) is 14.5 Å². The maximum atomic E-state index is 12.0. The number of amides is 1. The highest BCUT2D eigenvalue weighted by molar-refractivity contribution is 7.14. The fourth-order valence-electron chi connectivity index (χ4n) is 1.41. The molecule has 1 heterocycles. The van der Waals surface area contributed by atoms with Crippen molar-refractivity contribution in [2.24, 2.45) is 0 Å². The van der Waals surface area contributed by atoms with Crippen molar-refractivity contribution in [3.63, 3.8) is 0 Å². The number of thiophene rings is 1. The van der Waals surface area contributed by atoms with Crippen LogP contribution in [-0.2, 0) is 0 Å². The first kappa shape index (κ1) is 14.5. The van der Waals surface area contributed by atoms with Gasteiger partial charge in [0.15, 0.2) is 0 Å². The minimum absolute atomic E-state index is 0.287. The van der Waals surface area contributed by atoms with E-state index in [2.05, 4.69) is 5.32 Å². The first-order valence-electron chi connectivity index (χ1n) is 5.20. The first-order valence-corrected chi connectivity index (χ1v) is 7.15. The van der Waals surface area contributed by atoms with Gasteiger partial charge < -0.3 is 11.1 Å². The number of nitrogen functional groups attached to an aromatic ring is 1. The molecule has 0 saturated heterocycles. The highest BCUT2D eigenvalue weighted by Gasteiger charge is 2.14. The Morgan fingerprint density at radius 2 is 1.79 bits per heavy atom. The lowest BCUT2D eigenvalue weighted by Gasteiger charge is -2.07. The Hall–Kier alpha value is -0.940. The molecule has 2 rings (SSSR count). The van der Waals surface area contributed by atoms with Crippen LogP contribution in [0.15, 0.2) is 18.2 Å². The van der Waals surface area contributed by atoms with Crippen LogP contribution in [-0.4, -0.2) is 5.91 Å². The number of anilines is 2. The van der Waals surface area contributed by atoms with Gasteiger partial charge in [-0.05, 0) is 25.1 Å². The molecule has 3 nitrogen and oxygen atoms in total. The molecule has 0 bridgehead atoms. The zero-order valence-electron chi connectivity index (χ0n) is 9.76. The van der Waals surface area contributed by atoms with E-state index in [0.29, 0.717) is 31.3 Å². The molecule has 2 aromatic rings. The van der Waals surface area contributed by atoms with Crippen molar-refractivity contribution in [2.45, 2.75) is 6.92 Å². The van der Waals surface area contributed by atoms with E-state index in [0.717, 1.165) is 4.88 Å². The summed E-state index contributed by atoms with van der Waals surface area (Å²) in [5, 5.41) is 3.66. The molecule has 0 spiro atoms. The number of aryl methyl sites for hydroxylation is 1. The third-order valence-electron chi connectivity index (χ3n) is 2.44. The lowest BCUT2D eigenvalue weighted by molar-refractivity contribution is 0.103. The summed E-state index contributed by atoms with van der Waals surface area (Å²) < 4.78 is 0. The average Bonchev–Trinajstić information content (AvgIpc) is 2.67. The summed E-state index contributed by atoms with van der Waals surface area (Å²) in [6.45, 7) is 1.85. The van der Waals surface area contributed by atoms with Crippen molar-refractivity contribution in [3.8, 4) is 0 Å². The quantitative estimate of drug-likeness (QED) is 0.771. The maximum absolute atomic E-state index is 12.0. The van der Waals surface area contributed by atoms with Crippen molar-refractivity contribution in [2.75, 3.05) is 11.1 Å². The summed E-state index contributed by atoms with van der Waals surface area (Å²) in [5.41, 5.74) is 6.71.